The molecule has 0 aliphatic carbocycles. The molecule has 0 bridgehead atoms. The van der Waals surface area contributed by atoms with Crippen LogP contribution in [0, 0.1) is 0 Å². The van der Waals surface area contributed by atoms with Crippen LogP contribution in [0.4, 0.5) is 23.1 Å². The number of fused-ring (bicyclic) bond motifs is 1. The monoisotopic (exact) mass is 417 g/mol. The summed E-state index contributed by atoms with van der Waals surface area (Å²) in [4.78, 5) is 32.7. The Bertz CT molecular complexity index is 1270. The molecule has 0 unspecified atom stereocenters. The van der Waals surface area contributed by atoms with Crippen molar-refractivity contribution >= 4 is 45.9 Å². The van der Waals surface area contributed by atoms with Gasteiger partial charge >= 0.3 is 5.97 Å². The molecular weight excluding hydrogens is 398 g/mol. The smallest absolute Gasteiger partial charge is 0.338 e. The number of carbonyl (C=O) groups is 2. The summed E-state index contributed by atoms with van der Waals surface area (Å²) in [5, 5.41) is 13.5. The van der Waals surface area contributed by atoms with Gasteiger partial charge in [0.05, 0.1) is 17.7 Å². The summed E-state index contributed by atoms with van der Waals surface area (Å²) in [6, 6.07) is 13.6. The molecule has 0 saturated carbocycles. The van der Waals surface area contributed by atoms with Gasteiger partial charge in [0.2, 0.25) is 5.95 Å². The Kier molecular flexibility index (Phi) is 5.43. The first kappa shape index (κ1) is 19.8. The van der Waals surface area contributed by atoms with Crippen molar-refractivity contribution in [3.63, 3.8) is 0 Å². The highest BCUT2D eigenvalue weighted by atomic mass is 16.5. The Hall–Kier alpha value is -4.47. The molecule has 5 N–H and O–H groups in total. The minimum absolute atomic E-state index is 0.152. The van der Waals surface area contributed by atoms with E-state index in [0.29, 0.717) is 33.7 Å². The zero-order valence-electron chi connectivity index (χ0n) is 16.5. The third-order valence-corrected chi connectivity index (χ3v) is 4.36. The topological polar surface area (TPSA) is 148 Å². The van der Waals surface area contributed by atoms with Gasteiger partial charge in [-0.3, -0.25) is 9.89 Å². The molecule has 10 heteroatoms. The van der Waals surface area contributed by atoms with E-state index < -0.39 is 11.9 Å². The third-order valence-electron chi connectivity index (χ3n) is 4.36. The van der Waals surface area contributed by atoms with Crippen LogP contribution in [0.1, 0.15) is 27.8 Å². The number of anilines is 4. The van der Waals surface area contributed by atoms with Crippen LogP contribution in [-0.4, -0.2) is 38.6 Å². The average Bonchev–Trinajstić information content (AvgIpc) is 3.17. The molecule has 0 aliphatic rings. The minimum Gasteiger partial charge on any atom is -0.462 e. The van der Waals surface area contributed by atoms with Gasteiger partial charge in [0, 0.05) is 23.0 Å². The normalized spacial score (nSPS) is 10.6. The number of hydrogen-bond acceptors (Lipinski definition) is 8. The SMILES string of the molecule is CCOC(=O)c1cccc(NC(=O)c2n[nH]c3ccc(Nc4ccnc(N)n4)cc23)c1. The number of aromatic nitrogens is 4. The Morgan fingerprint density at radius 3 is 2.81 bits per heavy atom. The van der Waals surface area contributed by atoms with Crippen molar-refractivity contribution in [2.75, 3.05) is 23.0 Å². The lowest BCUT2D eigenvalue weighted by molar-refractivity contribution is 0.0526. The molecule has 0 fully saturated rings. The highest BCUT2D eigenvalue weighted by molar-refractivity contribution is 6.11. The molecule has 4 rings (SSSR count). The largest absolute Gasteiger partial charge is 0.462 e. The number of H-pyrrole nitrogens is 1. The first-order valence-electron chi connectivity index (χ1n) is 9.45. The number of benzene rings is 2. The maximum absolute atomic E-state index is 12.8. The van der Waals surface area contributed by atoms with Crippen molar-refractivity contribution in [2.24, 2.45) is 0 Å². The van der Waals surface area contributed by atoms with Gasteiger partial charge in [-0.2, -0.15) is 10.1 Å². The second-order valence-corrected chi connectivity index (χ2v) is 6.51. The lowest BCUT2D eigenvalue weighted by Gasteiger charge is -2.07. The van der Waals surface area contributed by atoms with E-state index >= 15 is 0 Å². The lowest BCUT2D eigenvalue weighted by Crippen LogP contribution is -2.13. The fraction of sp³-hybridized carbons (Fsp3) is 0.0952. The summed E-state index contributed by atoms with van der Waals surface area (Å²) in [6.07, 6.45) is 1.55. The fourth-order valence-corrected chi connectivity index (χ4v) is 2.98. The average molecular weight is 417 g/mol. The molecule has 0 atom stereocenters. The zero-order chi connectivity index (χ0) is 21.8. The van der Waals surface area contributed by atoms with Crippen LogP contribution >= 0.6 is 0 Å². The second kappa shape index (κ2) is 8.49. The first-order valence-corrected chi connectivity index (χ1v) is 9.45. The van der Waals surface area contributed by atoms with E-state index in [-0.39, 0.29) is 18.2 Å². The molecule has 4 aromatic rings. The fourth-order valence-electron chi connectivity index (χ4n) is 2.98. The summed E-state index contributed by atoms with van der Waals surface area (Å²) in [7, 11) is 0. The molecule has 0 saturated heterocycles. The summed E-state index contributed by atoms with van der Waals surface area (Å²) < 4.78 is 4.99. The summed E-state index contributed by atoms with van der Waals surface area (Å²) in [6.45, 7) is 2.00. The maximum Gasteiger partial charge on any atom is 0.338 e. The molecule has 2 aromatic carbocycles. The summed E-state index contributed by atoms with van der Waals surface area (Å²) >= 11 is 0. The van der Waals surface area contributed by atoms with Crippen molar-refractivity contribution < 1.29 is 14.3 Å². The van der Waals surface area contributed by atoms with Gasteiger partial charge in [-0.15, -0.1) is 0 Å². The molecule has 0 aliphatic heterocycles. The van der Waals surface area contributed by atoms with Crippen molar-refractivity contribution in [2.45, 2.75) is 6.92 Å². The Labute approximate surface area is 176 Å². The van der Waals surface area contributed by atoms with Gasteiger partial charge in [-0.1, -0.05) is 6.07 Å². The molecule has 156 valence electrons. The van der Waals surface area contributed by atoms with Crippen molar-refractivity contribution in [3.05, 3.63) is 66.0 Å². The molecule has 10 nitrogen and oxygen atoms in total. The predicted octanol–water partition coefficient (Wildman–Crippen LogP) is 3.11. The quantitative estimate of drug-likeness (QED) is 0.350. The molecule has 2 aromatic heterocycles. The van der Waals surface area contributed by atoms with Gasteiger partial charge in [-0.25, -0.2) is 9.78 Å². The van der Waals surface area contributed by atoms with E-state index in [4.69, 9.17) is 10.5 Å². The van der Waals surface area contributed by atoms with E-state index in [9.17, 15) is 9.59 Å². The highest BCUT2D eigenvalue weighted by Gasteiger charge is 2.16. The van der Waals surface area contributed by atoms with Crippen LogP contribution in [0.3, 0.4) is 0 Å². The number of hydrogen-bond donors (Lipinski definition) is 4. The van der Waals surface area contributed by atoms with E-state index in [1.54, 1.807) is 55.6 Å². The van der Waals surface area contributed by atoms with Crippen LogP contribution in [-0.2, 0) is 4.74 Å². The third kappa shape index (κ3) is 4.42. The van der Waals surface area contributed by atoms with E-state index in [0.717, 1.165) is 0 Å². The van der Waals surface area contributed by atoms with Crippen LogP contribution in [0.15, 0.2) is 54.7 Å². The number of ether oxygens (including phenoxy) is 1. The van der Waals surface area contributed by atoms with Crippen LogP contribution in [0.5, 0.6) is 0 Å². The molecular formula is C21H19N7O3. The van der Waals surface area contributed by atoms with Gasteiger partial charge < -0.3 is 21.1 Å². The van der Waals surface area contributed by atoms with Crippen LogP contribution in [0.2, 0.25) is 0 Å². The van der Waals surface area contributed by atoms with Crippen molar-refractivity contribution in [1.82, 2.24) is 20.2 Å². The second-order valence-electron chi connectivity index (χ2n) is 6.51. The summed E-state index contributed by atoms with van der Waals surface area (Å²) in [5.41, 5.74) is 8.02. The number of aromatic amines is 1. The van der Waals surface area contributed by atoms with Gasteiger partial charge in [-0.05, 0) is 49.4 Å². The molecule has 1 amide bonds. The number of nitrogens with zero attached hydrogens (tertiary/aromatic N) is 3. The van der Waals surface area contributed by atoms with Gasteiger partial charge in [0.25, 0.3) is 5.91 Å². The Balaban J connectivity index is 1.57. The number of nitrogens with one attached hydrogen (secondary N) is 3. The van der Waals surface area contributed by atoms with Gasteiger partial charge in [0.15, 0.2) is 5.69 Å². The number of nitrogen functional groups attached to an aromatic ring is 1. The molecule has 31 heavy (non-hydrogen) atoms. The summed E-state index contributed by atoms with van der Waals surface area (Å²) in [5.74, 6) is -0.197. The number of nitrogens with two attached hydrogens (primary N) is 1. The zero-order valence-corrected chi connectivity index (χ0v) is 16.5. The van der Waals surface area contributed by atoms with Crippen LogP contribution < -0.4 is 16.4 Å². The number of amides is 1. The van der Waals surface area contributed by atoms with E-state index in [1.165, 1.54) is 0 Å². The predicted molar refractivity (Wildman–Crippen MR) is 116 cm³/mol. The van der Waals surface area contributed by atoms with Crippen LogP contribution in [0.25, 0.3) is 10.9 Å². The van der Waals surface area contributed by atoms with E-state index in [1.807, 2.05) is 6.07 Å². The minimum atomic E-state index is -0.454. The Morgan fingerprint density at radius 2 is 2.00 bits per heavy atom. The highest BCUT2D eigenvalue weighted by Crippen LogP contribution is 2.24. The maximum atomic E-state index is 12.8. The molecule has 0 radical (unpaired) electrons. The standard InChI is InChI=1S/C21H19N7O3/c1-2-31-20(30)12-4-3-5-13(10-12)25-19(29)18-15-11-14(6-7-16(15)27-28-18)24-17-8-9-23-21(22)26-17/h3-11H,2H2,1H3,(H,25,29)(H,27,28)(H3,22,23,24,26). The van der Waals surface area contributed by atoms with Crippen molar-refractivity contribution in [1.29, 1.82) is 0 Å². The van der Waals surface area contributed by atoms with E-state index in [2.05, 4.69) is 30.8 Å². The van der Waals surface area contributed by atoms with Gasteiger partial charge in [0.1, 0.15) is 5.82 Å². The number of rotatable bonds is 6. The Morgan fingerprint density at radius 1 is 1.13 bits per heavy atom. The lowest BCUT2D eigenvalue weighted by atomic mass is 10.1. The number of esters is 1. The number of carbonyl (C=O) groups excluding carboxylic acids is 2. The van der Waals surface area contributed by atoms with Crippen molar-refractivity contribution in [3.8, 4) is 0 Å². The molecule has 0 spiro atoms. The molecule has 2 heterocycles. The first-order chi connectivity index (χ1) is 15.0.